The van der Waals surface area contributed by atoms with E-state index < -0.39 is 0 Å². The van der Waals surface area contributed by atoms with Crippen LogP contribution in [0.3, 0.4) is 0 Å². The highest BCUT2D eigenvalue weighted by Gasteiger charge is 2.22. The van der Waals surface area contributed by atoms with E-state index in [0.29, 0.717) is 6.42 Å². The first-order valence-corrected chi connectivity index (χ1v) is 11.6. The topological polar surface area (TPSA) is 42.6 Å². The van der Waals surface area contributed by atoms with Gasteiger partial charge in [-0.2, -0.15) is 0 Å². The number of benzene rings is 3. The first kappa shape index (κ1) is 22.0. The molecule has 0 N–H and O–H groups in total. The van der Waals surface area contributed by atoms with Crippen molar-refractivity contribution in [3.63, 3.8) is 0 Å². The Morgan fingerprint density at radius 3 is 2.44 bits per heavy atom. The second-order valence-corrected chi connectivity index (χ2v) is 8.43. The summed E-state index contributed by atoms with van der Waals surface area (Å²) in [6.07, 6.45) is 2.57. The van der Waals surface area contributed by atoms with Crippen LogP contribution in [0.4, 0.5) is 0 Å². The molecule has 0 unspecified atom stereocenters. The maximum atomic E-state index is 12.9. The lowest BCUT2D eigenvalue weighted by molar-refractivity contribution is 0.0989. The highest BCUT2D eigenvalue weighted by Crippen LogP contribution is 2.42. The summed E-state index contributed by atoms with van der Waals surface area (Å²) in [5.74, 6) is 0.951. The summed E-state index contributed by atoms with van der Waals surface area (Å²) < 4.78 is 6.47. The predicted octanol–water partition coefficient (Wildman–Crippen LogP) is 7.29. The van der Waals surface area contributed by atoms with E-state index in [1.165, 1.54) is 11.1 Å². The zero-order valence-electron chi connectivity index (χ0n) is 19.7. The molecule has 0 saturated carbocycles. The molecule has 4 rings (SSSR count). The van der Waals surface area contributed by atoms with Crippen molar-refractivity contribution in [1.29, 1.82) is 0 Å². The van der Waals surface area contributed by atoms with Crippen molar-refractivity contribution in [3.05, 3.63) is 76.1 Å². The first-order chi connectivity index (χ1) is 15.5. The van der Waals surface area contributed by atoms with E-state index in [-0.39, 0.29) is 5.78 Å². The maximum Gasteiger partial charge on any atom is 0.163 e. The van der Waals surface area contributed by atoms with Crippen LogP contribution in [0.25, 0.3) is 33.4 Å². The van der Waals surface area contributed by atoms with Crippen LogP contribution in [-0.2, 0) is 6.42 Å². The van der Waals surface area contributed by atoms with Gasteiger partial charge in [0, 0.05) is 41.1 Å². The lowest BCUT2D eigenvalue weighted by Crippen LogP contribution is -2.09. The average molecular weight is 426 g/mol. The monoisotopic (exact) mass is 425 g/mol. The molecule has 1 aliphatic heterocycles. The Kier molecular flexibility index (Phi) is 6.27. The fourth-order valence-corrected chi connectivity index (χ4v) is 4.53. The molecule has 2 aliphatic rings. The third-order valence-electron chi connectivity index (χ3n) is 6.16. The van der Waals surface area contributed by atoms with E-state index in [1.54, 1.807) is 0 Å². The first-order valence-electron chi connectivity index (χ1n) is 11.6. The minimum atomic E-state index is 0.149. The summed E-state index contributed by atoms with van der Waals surface area (Å²) in [6, 6.07) is 16.6. The molecule has 0 amide bonds. The van der Waals surface area contributed by atoms with E-state index in [9.17, 15) is 4.79 Å². The summed E-state index contributed by atoms with van der Waals surface area (Å²) in [6.45, 7) is 11.1. The van der Waals surface area contributed by atoms with Crippen molar-refractivity contribution in [3.8, 4) is 22.5 Å². The smallest absolute Gasteiger partial charge is 0.163 e. The fourth-order valence-electron chi connectivity index (χ4n) is 4.53. The van der Waals surface area contributed by atoms with Crippen molar-refractivity contribution in [1.82, 2.24) is 0 Å². The molecule has 0 spiro atoms. The van der Waals surface area contributed by atoms with Crippen LogP contribution in [-0.4, -0.2) is 12.3 Å². The van der Waals surface area contributed by atoms with Crippen molar-refractivity contribution < 1.29 is 9.21 Å². The Morgan fingerprint density at radius 1 is 0.938 bits per heavy atom. The molecule has 3 nitrogen and oxygen atoms in total. The van der Waals surface area contributed by atoms with Crippen molar-refractivity contribution in [2.24, 2.45) is 4.99 Å². The lowest BCUT2D eigenvalue weighted by atomic mass is 9.87. The number of nitrogens with zero attached hydrogens (tertiary/aromatic N) is 1. The van der Waals surface area contributed by atoms with Crippen molar-refractivity contribution >= 4 is 16.8 Å². The lowest BCUT2D eigenvalue weighted by Gasteiger charge is -2.19. The van der Waals surface area contributed by atoms with Gasteiger partial charge in [-0.1, -0.05) is 44.5 Å². The molecule has 1 aliphatic carbocycles. The van der Waals surface area contributed by atoms with Gasteiger partial charge >= 0.3 is 0 Å². The number of carbonyl (C=O) groups excluding carboxylic acids is 1. The molecule has 3 heteroatoms. The van der Waals surface area contributed by atoms with E-state index in [0.717, 1.165) is 69.3 Å². The Hall–Kier alpha value is -3.20. The van der Waals surface area contributed by atoms with Crippen LogP contribution in [0, 0.1) is 13.8 Å². The number of fused-ring (bicyclic) bond motifs is 2. The number of hydrogen-bond acceptors (Lipinski definition) is 3. The predicted molar refractivity (Wildman–Crippen MR) is 132 cm³/mol. The molecule has 1 heterocycles. The standard InChI is InChI=1S/C29H31NO2/c1-6-11-20-16-27-23(14-18(20)4)29(22-13-10-9-12-21(22)26(31)7-2)24-15-19(5)25(30-8-3)17-28(24)32-27/h9-10,12-17H,6-8,11H2,1-5H3. The summed E-state index contributed by atoms with van der Waals surface area (Å²) >= 11 is 0. The summed E-state index contributed by atoms with van der Waals surface area (Å²) in [7, 11) is 0. The largest absolute Gasteiger partial charge is 0.456 e. The van der Waals surface area contributed by atoms with Crippen LogP contribution < -0.4 is 5.36 Å². The number of carbonyl (C=O) groups is 1. The normalized spacial score (nSPS) is 12.1. The van der Waals surface area contributed by atoms with Crippen LogP contribution in [0.2, 0.25) is 0 Å². The molecule has 0 saturated heterocycles. The number of aryl methyl sites for hydroxylation is 3. The highest BCUT2D eigenvalue weighted by molar-refractivity contribution is 6.09. The number of hydrogen-bond donors (Lipinski definition) is 0. The summed E-state index contributed by atoms with van der Waals surface area (Å²) in [4.78, 5) is 17.5. The van der Waals surface area contributed by atoms with Gasteiger partial charge in [0.15, 0.2) is 5.78 Å². The molecule has 0 fully saturated rings. The van der Waals surface area contributed by atoms with Gasteiger partial charge in [0.05, 0.1) is 5.36 Å². The minimum Gasteiger partial charge on any atom is -0.456 e. The maximum absolute atomic E-state index is 12.9. The number of Topliss-reactive ketones (excluding diaryl/α,β-unsaturated/α-hetero) is 1. The van der Waals surface area contributed by atoms with E-state index in [1.807, 2.05) is 38.1 Å². The quantitative estimate of drug-likeness (QED) is 0.240. The molecule has 0 atom stereocenters. The zero-order valence-corrected chi connectivity index (χ0v) is 19.7. The number of rotatable bonds is 6. The van der Waals surface area contributed by atoms with Crippen molar-refractivity contribution in [2.75, 3.05) is 6.54 Å². The summed E-state index contributed by atoms with van der Waals surface area (Å²) in [5.41, 5.74) is 8.33. The van der Waals surface area contributed by atoms with E-state index in [2.05, 4.69) is 50.0 Å². The molecule has 32 heavy (non-hydrogen) atoms. The van der Waals surface area contributed by atoms with Crippen LogP contribution in [0.1, 0.15) is 60.7 Å². The van der Waals surface area contributed by atoms with Gasteiger partial charge < -0.3 is 4.42 Å². The van der Waals surface area contributed by atoms with E-state index >= 15 is 0 Å². The van der Waals surface area contributed by atoms with E-state index in [4.69, 9.17) is 4.42 Å². The van der Waals surface area contributed by atoms with Gasteiger partial charge in [-0.3, -0.25) is 9.79 Å². The zero-order chi connectivity index (χ0) is 22.8. The van der Waals surface area contributed by atoms with Gasteiger partial charge in [-0.05, 0) is 67.6 Å². The fraction of sp³-hybridized carbons (Fsp3) is 0.310. The molecule has 0 bridgehead atoms. The van der Waals surface area contributed by atoms with Crippen molar-refractivity contribution in [2.45, 2.75) is 53.9 Å². The Bertz CT molecular complexity index is 1340. The third-order valence-corrected chi connectivity index (χ3v) is 6.16. The average Bonchev–Trinajstić information content (AvgIpc) is 2.79. The third kappa shape index (κ3) is 3.88. The Balaban J connectivity index is 2.18. The number of ketones is 1. The molecule has 0 radical (unpaired) electrons. The van der Waals surface area contributed by atoms with Gasteiger partial charge in [-0.25, -0.2) is 0 Å². The van der Waals surface area contributed by atoms with Gasteiger partial charge in [-0.15, -0.1) is 0 Å². The van der Waals surface area contributed by atoms with Crippen LogP contribution in [0.5, 0.6) is 0 Å². The van der Waals surface area contributed by atoms with Crippen LogP contribution >= 0.6 is 0 Å². The molecule has 0 aromatic heterocycles. The molecular formula is C29H31NO2. The minimum absolute atomic E-state index is 0.149. The summed E-state index contributed by atoms with van der Waals surface area (Å²) in [5, 5.41) is 2.00. The van der Waals surface area contributed by atoms with Crippen LogP contribution in [0.15, 0.2) is 57.9 Å². The second-order valence-electron chi connectivity index (χ2n) is 8.43. The van der Waals surface area contributed by atoms with Gasteiger partial charge in [0.2, 0.25) is 0 Å². The SMILES string of the molecule is CCCc1cc2oc3cc(=NCC)c(C)cc-3c(-c3ccccc3C(=O)CC)c2cc1C. The van der Waals surface area contributed by atoms with Gasteiger partial charge in [0.25, 0.3) is 0 Å². The molecule has 2 aromatic rings. The molecule has 164 valence electrons. The van der Waals surface area contributed by atoms with Gasteiger partial charge in [0.1, 0.15) is 11.3 Å². The highest BCUT2D eigenvalue weighted by atomic mass is 16.3. The molecule has 2 aromatic carbocycles. The Morgan fingerprint density at radius 2 is 1.72 bits per heavy atom. The second kappa shape index (κ2) is 9.12. The Labute approximate surface area is 190 Å². The molecular weight excluding hydrogens is 394 g/mol.